The maximum absolute atomic E-state index is 12.3. The molecule has 2 heterocycles. The first-order chi connectivity index (χ1) is 10.00. The first-order valence-electron chi connectivity index (χ1n) is 7.02. The van der Waals surface area contributed by atoms with E-state index >= 15 is 0 Å². The van der Waals surface area contributed by atoms with E-state index in [0.717, 1.165) is 30.3 Å². The minimum absolute atomic E-state index is 0.414. The van der Waals surface area contributed by atoms with Gasteiger partial charge in [-0.2, -0.15) is 0 Å². The lowest BCUT2D eigenvalue weighted by Crippen LogP contribution is -2.41. The molecule has 0 aromatic heterocycles. The number of methoxy groups -OCH3 is 2. The third-order valence-corrected chi connectivity index (χ3v) is 4.98. The fourth-order valence-corrected chi connectivity index (χ4v) is 3.60. The third kappa shape index (κ3) is 2.66. The maximum atomic E-state index is 12.3. The van der Waals surface area contributed by atoms with Crippen molar-refractivity contribution in [2.75, 3.05) is 27.3 Å². The van der Waals surface area contributed by atoms with Gasteiger partial charge in [0, 0.05) is 6.54 Å². The number of hydrogen-bond donors (Lipinski definition) is 0. The Morgan fingerprint density at radius 3 is 2.57 bits per heavy atom. The largest absolute Gasteiger partial charge is 0.466 e. The Labute approximate surface area is 133 Å². The van der Waals surface area contributed by atoms with Gasteiger partial charge in [-0.05, 0) is 36.4 Å². The van der Waals surface area contributed by atoms with Crippen molar-refractivity contribution in [3.63, 3.8) is 0 Å². The smallest absolute Gasteiger partial charge is 0.336 e. The molecule has 5 nitrogen and oxygen atoms in total. The lowest BCUT2D eigenvalue weighted by Gasteiger charge is -2.31. The fourth-order valence-electron chi connectivity index (χ4n) is 3.22. The molecule has 21 heavy (non-hydrogen) atoms. The van der Waals surface area contributed by atoms with Crippen LogP contribution in [0.5, 0.6) is 0 Å². The van der Waals surface area contributed by atoms with Crippen molar-refractivity contribution in [1.29, 1.82) is 0 Å². The lowest BCUT2D eigenvalue weighted by atomic mass is 9.86. The van der Waals surface area contributed by atoms with Crippen molar-refractivity contribution < 1.29 is 19.1 Å². The summed E-state index contributed by atoms with van der Waals surface area (Å²) in [6.45, 7) is 3.31. The van der Waals surface area contributed by atoms with Crippen molar-refractivity contribution in [3.05, 3.63) is 21.7 Å². The second kappa shape index (κ2) is 6.32. The number of fused-ring (bicyclic) bond motifs is 1. The number of carbonyl (C=O) groups is 2. The van der Waals surface area contributed by atoms with E-state index in [-0.39, 0.29) is 0 Å². The standard InChI is InChI=1S/C15H20BrNO4/c1-4-10(16)8-15-6-5-7-17(15)9-11(13(18)20-2)12(15)14(19)21-3/h8H,4-7,9H2,1-3H3/b10-8-. The van der Waals surface area contributed by atoms with Gasteiger partial charge in [0.1, 0.15) is 0 Å². The summed E-state index contributed by atoms with van der Waals surface area (Å²) in [5.74, 6) is -0.905. The summed E-state index contributed by atoms with van der Waals surface area (Å²) in [5, 5.41) is 0. The molecular formula is C15H20BrNO4. The van der Waals surface area contributed by atoms with Crippen LogP contribution in [0.15, 0.2) is 21.7 Å². The van der Waals surface area contributed by atoms with E-state index in [1.54, 1.807) is 0 Å². The van der Waals surface area contributed by atoms with Crippen LogP contribution in [-0.2, 0) is 19.1 Å². The Kier molecular flexibility index (Phi) is 4.88. The molecular weight excluding hydrogens is 338 g/mol. The number of rotatable bonds is 4. The van der Waals surface area contributed by atoms with Gasteiger partial charge in [0.25, 0.3) is 0 Å². The highest BCUT2D eigenvalue weighted by Gasteiger charge is 2.53. The molecule has 0 N–H and O–H groups in total. The van der Waals surface area contributed by atoms with E-state index in [4.69, 9.17) is 9.47 Å². The normalized spacial score (nSPS) is 26.0. The van der Waals surface area contributed by atoms with Gasteiger partial charge in [0.05, 0.1) is 30.9 Å². The second-order valence-corrected chi connectivity index (χ2v) is 6.25. The van der Waals surface area contributed by atoms with Gasteiger partial charge in [-0.25, -0.2) is 9.59 Å². The molecule has 6 heteroatoms. The summed E-state index contributed by atoms with van der Waals surface area (Å²) < 4.78 is 10.8. The fraction of sp³-hybridized carbons (Fsp3) is 0.600. The number of nitrogens with zero attached hydrogens (tertiary/aromatic N) is 1. The molecule has 0 saturated carbocycles. The van der Waals surface area contributed by atoms with E-state index in [9.17, 15) is 9.59 Å². The Balaban J connectivity index is 2.59. The summed E-state index contributed by atoms with van der Waals surface area (Å²) in [6, 6.07) is 0. The average molecular weight is 358 g/mol. The minimum atomic E-state index is -0.550. The first-order valence-corrected chi connectivity index (χ1v) is 7.82. The molecule has 0 radical (unpaired) electrons. The van der Waals surface area contributed by atoms with Crippen molar-refractivity contribution >= 4 is 27.9 Å². The first kappa shape index (κ1) is 16.2. The highest BCUT2D eigenvalue weighted by atomic mass is 79.9. The Hall–Kier alpha value is -1.14. The van der Waals surface area contributed by atoms with E-state index in [1.165, 1.54) is 14.2 Å². The molecule has 1 fully saturated rings. The molecule has 0 aromatic rings. The zero-order chi connectivity index (χ0) is 15.6. The predicted octanol–water partition coefficient (Wildman–Crippen LogP) is 2.17. The van der Waals surface area contributed by atoms with Crippen LogP contribution in [0, 0.1) is 0 Å². The molecule has 0 aliphatic carbocycles. The van der Waals surface area contributed by atoms with Crippen molar-refractivity contribution in [2.24, 2.45) is 0 Å². The summed E-state index contributed by atoms with van der Waals surface area (Å²) >= 11 is 3.53. The maximum Gasteiger partial charge on any atom is 0.336 e. The summed E-state index contributed by atoms with van der Waals surface area (Å²) in [4.78, 5) is 26.5. The number of carbonyl (C=O) groups excluding carboxylic acids is 2. The van der Waals surface area contributed by atoms with Crippen LogP contribution in [0.2, 0.25) is 0 Å². The van der Waals surface area contributed by atoms with E-state index < -0.39 is 17.5 Å². The summed E-state index contributed by atoms with van der Waals surface area (Å²) in [5.41, 5.74) is 0.294. The molecule has 1 atom stereocenters. The van der Waals surface area contributed by atoms with Crippen molar-refractivity contribution in [3.8, 4) is 0 Å². The Bertz CT molecular complexity index is 526. The van der Waals surface area contributed by atoms with Crippen LogP contribution in [0.4, 0.5) is 0 Å². The molecule has 0 spiro atoms. The molecule has 2 aliphatic heterocycles. The molecule has 0 aromatic carbocycles. The van der Waals surface area contributed by atoms with Gasteiger partial charge < -0.3 is 9.47 Å². The predicted molar refractivity (Wildman–Crippen MR) is 81.9 cm³/mol. The topological polar surface area (TPSA) is 55.8 Å². The van der Waals surface area contributed by atoms with Crippen LogP contribution < -0.4 is 0 Å². The van der Waals surface area contributed by atoms with Crippen molar-refractivity contribution in [1.82, 2.24) is 4.90 Å². The molecule has 0 amide bonds. The van der Waals surface area contributed by atoms with E-state index in [1.807, 2.05) is 13.0 Å². The van der Waals surface area contributed by atoms with E-state index in [0.29, 0.717) is 17.7 Å². The highest BCUT2D eigenvalue weighted by Crippen LogP contribution is 2.45. The van der Waals surface area contributed by atoms with Gasteiger partial charge >= 0.3 is 11.9 Å². The molecule has 0 bridgehead atoms. The zero-order valence-corrected chi connectivity index (χ0v) is 14.2. The molecule has 1 saturated heterocycles. The van der Waals surface area contributed by atoms with Gasteiger partial charge in [0.2, 0.25) is 0 Å². The Morgan fingerprint density at radius 2 is 2.00 bits per heavy atom. The number of hydrogen-bond acceptors (Lipinski definition) is 5. The number of esters is 2. The quantitative estimate of drug-likeness (QED) is 0.721. The van der Waals surface area contributed by atoms with Crippen LogP contribution in [0.1, 0.15) is 26.2 Å². The second-order valence-electron chi connectivity index (χ2n) is 5.23. The van der Waals surface area contributed by atoms with Crippen LogP contribution >= 0.6 is 15.9 Å². The minimum Gasteiger partial charge on any atom is -0.466 e. The van der Waals surface area contributed by atoms with Crippen LogP contribution in [0.3, 0.4) is 0 Å². The summed E-state index contributed by atoms with van der Waals surface area (Å²) in [7, 11) is 2.67. The number of allylic oxidation sites excluding steroid dienone is 1. The molecule has 2 rings (SSSR count). The van der Waals surface area contributed by atoms with Gasteiger partial charge in [-0.3, -0.25) is 4.90 Å². The molecule has 2 aliphatic rings. The van der Waals surface area contributed by atoms with Gasteiger partial charge in [0.15, 0.2) is 0 Å². The third-order valence-electron chi connectivity index (χ3n) is 4.19. The molecule has 116 valence electrons. The van der Waals surface area contributed by atoms with E-state index in [2.05, 4.69) is 20.8 Å². The Morgan fingerprint density at radius 1 is 1.33 bits per heavy atom. The van der Waals surface area contributed by atoms with Crippen molar-refractivity contribution in [2.45, 2.75) is 31.7 Å². The number of halogens is 1. The molecule has 1 unspecified atom stereocenters. The average Bonchev–Trinajstić information content (AvgIpc) is 3.00. The zero-order valence-electron chi connectivity index (χ0n) is 12.6. The van der Waals surface area contributed by atoms with Gasteiger partial charge in [-0.15, -0.1) is 0 Å². The van der Waals surface area contributed by atoms with Crippen LogP contribution in [-0.4, -0.2) is 49.7 Å². The van der Waals surface area contributed by atoms with Gasteiger partial charge in [-0.1, -0.05) is 22.9 Å². The van der Waals surface area contributed by atoms with Crippen LogP contribution in [0.25, 0.3) is 0 Å². The summed E-state index contributed by atoms with van der Waals surface area (Å²) in [6.07, 6.45) is 4.66. The highest BCUT2D eigenvalue weighted by molar-refractivity contribution is 9.11. The lowest BCUT2D eigenvalue weighted by molar-refractivity contribution is -0.139. The number of ether oxygens (including phenoxy) is 2. The monoisotopic (exact) mass is 357 g/mol. The SMILES string of the molecule is CC/C(Br)=C/C12CCCN1CC(C(=O)OC)=C2C(=O)OC.